The molecule has 0 fully saturated rings. The largest absolute Gasteiger partial charge is 0.466 e. The van der Waals surface area contributed by atoms with Crippen LogP contribution in [0.25, 0.3) is 0 Å². The van der Waals surface area contributed by atoms with Crippen molar-refractivity contribution in [2.24, 2.45) is 5.73 Å². The number of carbonyl (C=O) groups is 3. The maximum Gasteiger partial charge on any atom is 0.355 e. The number of nitrogens with two attached hydrogens (primary N) is 1. The first-order chi connectivity index (χ1) is 16.3. The van der Waals surface area contributed by atoms with E-state index in [0.717, 1.165) is 0 Å². The van der Waals surface area contributed by atoms with Gasteiger partial charge >= 0.3 is 11.9 Å². The van der Waals surface area contributed by atoms with Gasteiger partial charge in [-0.25, -0.2) is 9.59 Å². The Hall–Kier alpha value is -4.58. The molecule has 3 rings (SSSR count). The molecule has 1 heterocycles. The summed E-state index contributed by atoms with van der Waals surface area (Å²) in [5.74, 6) is -3.07. The monoisotopic (exact) mass is 460 g/mol. The van der Waals surface area contributed by atoms with Gasteiger partial charge in [-0.3, -0.25) is 9.69 Å². The van der Waals surface area contributed by atoms with Crippen molar-refractivity contribution in [3.63, 3.8) is 0 Å². The van der Waals surface area contributed by atoms with E-state index in [9.17, 15) is 19.6 Å². The minimum absolute atomic E-state index is 0.0454. The van der Waals surface area contributed by atoms with E-state index in [1.807, 2.05) is 0 Å². The van der Waals surface area contributed by atoms with Crippen LogP contribution >= 0.6 is 0 Å². The zero-order valence-corrected chi connectivity index (χ0v) is 19.2. The van der Waals surface area contributed by atoms with Crippen molar-refractivity contribution < 1.29 is 23.9 Å². The van der Waals surface area contributed by atoms with E-state index in [1.54, 1.807) is 49.4 Å². The van der Waals surface area contributed by atoms with Crippen molar-refractivity contribution in [1.29, 1.82) is 5.26 Å². The molecule has 0 saturated carbocycles. The third-order valence-electron chi connectivity index (χ3n) is 5.55. The van der Waals surface area contributed by atoms with Crippen molar-refractivity contribution in [2.45, 2.75) is 12.8 Å². The first kappa shape index (κ1) is 24.1. The number of esters is 2. The van der Waals surface area contributed by atoms with Gasteiger partial charge in [0.2, 0.25) is 0 Å². The maximum absolute atomic E-state index is 13.1. The van der Waals surface area contributed by atoms with E-state index in [2.05, 4.69) is 11.4 Å². The summed E-state index contributed by atoms with van der Waals surface area (Å²) in [6.45, 7) is 1.75. The highest BCUT2D eigenvalue weighted by Gasteiger charge is 2.43. The second kappa shape index (κ2) is 9.92. The molecule has 1 amide bonds. The van der Waals surface area contributed by atoms with Crippen molar-refractivity contribution in [2.75, 3.05) is 26.2 Å². The Bertz CT molecular complexity index is 1260. The van der Waals surface area contributed by atoms with Gasteiger partial charge in [0.1, 0.15) is 11.5 Å². The third kappa shape index (κ3) is 4.09. The fourth-order valence-corrected chi connectivity index (χ4v) is 3.90. The van der Waals surface area contributed by atoms with E-state index in [1.165, 1.54) is 32.2 Å². The number of hydrogen-bond acceptors (Lipinski definition) is 8. The van der Waals surface area contributed by atoms with Gasteiger partial charge in [-0.15, -0.1) is 0 Å². The molecule has 1 unspecified atom stereocenters. The lowest BCUT2D eigenvalue weighted by Gasteiger charge is -2.36. The number of benzene rings is 2. The Labute approximate surface area is 197 Å². The first-order valence-corrected chi connectivity index (χ1v) is 10.3. The smallest absolute Gasteiger partial charge is 0.355 e. The summed E-state index contributed by atoms with van der Waals surface area (Å²) in [5.41, 5.74) is 8.08. The van der Waals surface area contributed by atoms with Gasteiger partial charge in [0.15, 0.2) is 0 Å². The summed E-state index contributed by atoms with van der Waals surface area (Å²) >= 11 is 0. The highest BCUT2D eigenvalue weighted by Crippen LogP contribution is 2.43. The predicted octanol–water partition coefficient (Wildman–Crippen LogP) is 2.25. The molecule has 0 aliphatic carbocycles. The Balaban J connectivity index is 2.44. The number of ether oxygens (including phenoxy) is 2. The highest BCUT2D eigenvalue weighted by molar-refractivity contribution is 6.07. The Kier molecular flexibility index (Phi) is 7.02. The molecule has 9 nitrogen and oxygen atoms in total. The number of rotatable bonds is 5. The van der Waals surface area contributed by atoms with Crippen LogP contribution in [0.4, 0.5) is 5.69 Å². The summed E-state index contributed by atoms with van der Waals surface area (Å²) < 4.78 is 10.0. The molecular weight excluding hydrogens is 436 g/mol. The highest BCUT2D eigenvalue weighted by atomic mass is 16.5. The molecule has 2 aromatic rings. The normalized spacial score (nSPS) is 15.5. The summed E-state index contributed by atoms with van der Waals surface area (Å²) in [7, 11) is 3.85. The van der Waals surface area contributed by atoms with Gasteiger partial charge in [0, 0.05) is 12.6 Å². The lowest BCUT2D eigenvalue weighted by molar-refractivity contribution is -0.139. The van der Waals surface area contributed by atoms with Crippen LogP contribution in [0, 0.1) is 18.3 Å². The molecule has 0 bridgehead atoms. The minimum atomic E-state index is -0.966. The van der Waals surface area contributed by atoms with E-state index in [-0.39, 0.29) is 28.6 Å². The van der Waals surface area contributed by atoms with Crippen LogP contribution in [0.2, 0.25) is 0 Å². The van der Waals surface area contributed by atoms with Gasteiger partial charge in [-0.05, 0) is 30.2 Å². The molecule has 0 aromatic heterocycles. The van der Waals surface area contributed by atoms with E-state index >= 15 is 0 Å². The zero-order valence-electron chi connectivity index (χ0n) is 19.2. The van der Waals surface area contributed by atoms with Gasteiger partial charge in [-0.2, -0.15) is 5.26 Å². The number of nitriles is 1. The lowest BCUT2D eigenvalue weighted by atomic mass is 9.80. The SMILES string of the molecule is CNC(=O)c1ccc(C)c(N2C(N)=C(C#N)C(c3ccccc3)C(C(=O)OC)=C2C(=O)OC)c1. The molecule has 2 aromatic carbocycles. The minimum Gasteiger partial charge on any atom is -0.466 e. The molecule has 0 spiro atoms. The Morgan fingerprint density at radius 2 is 1.71 bits per heavy atom. The number of methoxy groups -OCH3 is 2. The standard InChI is InChI=1S/C25H24N4O5/c1-14-10-11-16(23(30)28-2)12-18(14)29-21(25(32)34-4)20(24(31)33-3)19(17(13-26)22(29)27)15-8-6-5-7-9-15/h5-12,19H,27H2,1-4H3,(H,28,30). The molecule has 1 atom stereocenters. The molecule has 9 heteroatoms. The van der Waals surface area contributed by atoms with Crippen LogP contribution in [0.5, 0.6) is 0 Å². The topological polar surface area (TPSA) is 135 Å². The third-order valence-corrected chi connectivity index (χ3v) is 5.55. The summed E-state index contributed by atoms with van der Waals surface area (Å²) in [4.78, 5) is 39.8. The number of aryl methyl sites for hydroxylation is 1. The van der Waals surface area contributed by atoms with Crippen molar-refractivity contribution in [3.8, 4) is 6.07 Å². The number of nitrogens with one attached hydrogen (secondary N) is 1. The molecule has 1 aliphatic heterocycles. The number of nitrogens with zero attached hydrogens (tertiary/aromatic N) is 2. The lowest BCUT2D eigenvalue weighted by Crippen LogP contribution is -2.41. The summed E-state index contributed by atoms with van der Waals surface area (Å²) in [6, 6.07) is 15.6. The number of carbonyl (C=O) groups excluding carboxylic acids is 3. The fraction of sp³-hybridized carbons (Fsp3) is 0.200. The van der Waals surface area contributed by atoms with Crippen LogP contribution in [-0.4, -0.2) is 39.1 Å². The first-order valence-electron chi connectivity index (χ1n) is 10.3. The Morgan fingerprint density at radius 3 is 2.26 bits per heavy atom. The molecule has 1 aliphatic rings. The number of amides is 1. The average molecular weight is 460 g/mol. The van der Waals surface area contributed by atoms with Gasteiger partial charge < -0.3 is 20.5 Å². The molecule has 3 N–H and O–H groups in total. The fourth-order valence-electron chi connectivity index (χ4n) is 3.90. The average Bonchev–Trinajstić information content (AvgIpc) is 2.87. The van der Waals surface area contributed by atoms with E-state index < -0.39 is 17.9 Å². The van der Waals surface area contributed by atoms with Crippen molar-refractivity contribution in [3.05, 3.63) is 87.9 Å². The van der Waals surface area contributed by atoms with Gasteiger partial charge in [0.25, 0.3) is 5.91 Å². The van der Waals surface area contributed by atoms with Crippen molar-refractivity contribution in [1.82, 2.24) is 5.32 Å². The quantitative estimate of drug-likeness (QED) is 0.649. The predicted molar refractivity (Wildman–Crippen MR) is 124 cm³/mol. The number of anilines is 1. The van der Waals surface area contributed by atoms with Gasteiger partial charge in [-0.1, -0.05) is 36.4 Å². The molecule has 34 heavy (non-hydrogen) atoms. The Morgan fingerprint density at radius 1 is 1.06 bits per heavy atom. The van der Waals surface area contributed by atoms with Crippen molar-refractivity contribution >= 4 is 23.5 Å². The molecular formula is C25H24N4O5. The van der Waals surface area contributed by atoms with E-state index in [0.29, 0.717) is 22.4 Å². The van der Waals surface area contributed by atoms with Crippen LogP contribution in [0.3, 0.4) is 0 Å². The number of allylic oxidation sites excluding steroid dienone is 1. The molecule has 0 radical (unpaired) electrons. The second-order valence-corrected chi connectivity index (χ2v) is 7.42. The maximum atomic E-state index is 13.1. The van der Waals surface area contributed by atoms with Gasteiger partial charge in [0.05, 0.1) is 43.0 Å². The summed E-state index contributed by atoms with van der Waals surface area (Å²) in [6.07, 6.45) is 0. The second-order valence-electron chi connectivity index (χ2n) is 7.42. The zero-order chi connectivity index (χ0) is 25.0. The van der Waals surface area contributed by atoms with Crippen LogP contribution < -0.4 is 16.0 Å². The summed E-state index contributed by atoms with van der Waals surface area (Å²) in [5, 5.41) is 12.6. The molecule has 174 valence electrons. The van der Waals surface area contributed by atoms with Crippen LogP contribution in [-0.2, 0) is 19.1 Å². The van der Waals surface area contributed by atoms with E-state index in [4.69, 9.17) is 15.2 Å². The van der Waals surface area contributed by atoms with Crippen LogP contribution in [0.15, 0.2) is 71.2 Å². The van der Waals surface area contributed by atoms with Crippen LogP contribution in [0.1, 0.15) is 27.4 Å². The molecule has 0 saturated heterocycles. The number of hydrogen-bond donors (Lipinski definition) is 2.